The summed E-state index contributed by atoms with van der Waals surface area (Å²) in [5, 5.41) is 12.2. The van der Waals surface area contributed by atoms with Crippen LogP contribution in [0.15, 0.2) is 6.07 Å². The molecule has 4 nitrogen and oxygen atoms in total. The van der Waals surface area contributed by atoms with Gasteiger partial charge in [-0.15, -0.1) is 11.3 Å². The second kappa shape index (κ2) is 7.42. The molecule has 1 heterocycles. The Morgan fingerprint density at radius 3 is 2.88 bits per heavy atom. The maximum absolute atomic E-state index is 10.8. The number of carboxylic acids is 1. The Morgan fingerprint density at radius 2 is 2.29 bits per heavy atom. The van der Waals surface area contributed by atoms with Gasteiger partial charge < -0.3 is 15.2 Å². The van der Waals surface area contributed by atoms with Crippen LogP contribution in [0.3, 0.4) is 0 Å². The summed E-state index contributed by atoms with van der Waals surface area (Å²) in [4.78, 5) is 12.3. The van der Waals surface area contributed by atoms with Gasteiger partial charge in [0.25, 0.3) is 0 Å². The first-order valence-corrected chi connectivity index (χ1v) is 6.49. The molecule has 2 N–H and O–H groups in total. The highest BCUT2D eigenvalue weighted by molar-refractivity contribution is 7.14. The molecule has 0 unspecified atom stereocenters. The first-order valence-electron chi connectivity index (χ1n) is 5.67. The van der Waals surface area contributed by atoms with Crippen LogP contribution in [0.2, 0.25) is 0 Å². The number of hydrogen-bond donors (Lipinski definition) is 2. The SMILES string of the molecule is COCCCCNCc1cc(C(=O)O)sc1C. The summed E-state index contributed by atoms with van der Waals surface area (Å²) >= 11 is 1.33. The fourth-order valence-electron chi connectivity index (χ4n) is 1.52. The molecule has 0 radical (unpaired) electrons. The largest absolute Gasteiger partial charge is 0.477 e. The Morgan fingerprint density at radius 1 is 1.53 bits per heavy atom. The summed E-state index contributed by atoms with van der Waals surface area (Å²) in [5.41, 5.74) is 1.08. The summed E-state index contributed by atoms with van der Waals surface area (Å²) < 4.78 is 4.96. The lowest BCUT2D eigenvalue weighted by atomic mass is 10.2. The van der Waals surface area contributed by atoms with Gasteiger partial charge in [0, 0.05) is 25.1 Å². The molecule has 0 bridgehead atoms. The highest BCUT2D eigenvalue weighted by atomic mass is 32.1. The summed E-state index contributed by atoms with van der Waals surface area (Å²) in [6.45, 7) is 4.42. The van der Waals surface area contributed by atoms with Gasteiger partial charge in [-0.05, 0) is 37.9 Å². The normalized spacial score (nSPS) is 10.7. The summed E-state index contributed by atoms with van der Waals surface area (Å²) in [6, 6.07) is 1.75. The minimum absolute atomic E-state index is 0.415. The van der Waals surface area contributed by atoms with Crippen LogP contribution >= 0.6 is 11.3 Å². The number of aromatic carboxylic acids is 1. The molecule has 5 heteroatoms. The van der Waals surface area contributed by atoms with Crippen molar-refractivity contribution >= 4 is 17.3 Å². The monoisotopic (exact) mass is 257 g/mol. The van der Waals surface area contributed by atoms with Gasteiger partial charge in [-0.2, -0.15) is 0 Å². The Hall–Kier alpha value is -0.910. The van der Waals surface area contributed by atoms with Gasteiger partial charge in [-0.3, -0.25) is 0 Å². The maximum Gasteiger partial charge on any atom is 0.345 e. The molecule has 1 aromatic rings. The smallest absolute Gasteiger partial charge is 0.345 e. The van der Waals surface area contributed by atoms with Crippen molar-refractivity contribution in [1.29, 1.82) is 0 Å². The van der Waals surface area contributed by atoms with Gasteiger partial charge in [0.1, 0.15) is 4.88 Å². The molecule has 0 spiro atoms. The van der Waals surface area contributed by atoms with Crippen molar-refractivity contribution in [2.75, 3.05) is 20.3 Å². The Bertz CT molecular complexity index is 363. The van der Waals surface area contributed by atoms with E-state index < -0.39 is 5.97 Å². The molecule has 0 aromatic carbocycles. The molecule has 1 aromatic heterocycles. The van der Waals surface area contributed by atoms with E-state index in [2.05, 4.69) is 5.32 Å². The van der Waals surface area contributed by atoms with Crippen molar-refractivity contribution in [2.24, 2.45) is 0 Å². The standard InChI is InChI=1S/C12H19NO3S/c1-9-10(7-11(17-9)12(14)15)8-13-5-3-4-6-16-2/h7,13H,3-6,8H2,1-2H3,(H,14,15). The third kappa shape index (κ3) is 4.85. The second-order valence-corrected chi connectivity index (χ2v) is 5.13. The van der Waals surface area contributed by atoms with Gasteiger partial charge in [-0.1, -0.05) is 0 Å². The van der Waals surface area contributed by atoms with E-state index in [-0.39, 0.29) is 0 Å². The zero-order valence-electron chi connectivity index (χ0n) is 10.3. The lowest BCUT2D eigenvalue weighted by Gasteiger charge is -2.03. The van der Waals surface area contributed by atoms with Gasteiger partial charge in [-0.25, -0.2) is 4.79 Å². The van der Waals surface area contributed by atoms with Crippen molar-refractivity contribution in [1.82, 2.24) is 5.32 Å². The van der Waals surface area contributed by atoms with Crippen molar-refractivity contribution in [3.05, 3.63) is 21.4 Å². The van der Waals surface area contributed by atoms with Gasteiger partial charge in [0.05, 0.1) is 0 Å². The molecular formula is C12H19NO3S. The average Bonchev–Trinajstić information content (AvgIpc) is 2.65. The molecule has 0 fully saturated rings. The topological polar surface area (TPSA) is 58.6 Å². The van der Waals surface area contributed by atoms with Crippen LogP contribution in [-0.4, -0.2) is 31.3 Å². The van der Waals surface area contributed by atoms with Crippen molar-refractivity contribution < 1.29 is 14.6 Å². The minimum Gasteiger partial charge on any atom is -0.477 e. The van der Waals surface area contributed by atoms with E-state index in [1.54, 1.807) is 13.2 Å². The molecule has 96 valence electrons. The number of carbonyl (C=O) groups is 1. The second-order valence-electron chi connectivity index (χ2n) is 3.87. The first-order chi connectivity index (χ1) is 8.15. The number of ether oxygens (including phenoxy) is 1. The lowest BCUT2D eigenvalue weighted by molar-refractivity contribution is 0.0702. The van der Waals surface area contributed by atoms with Crippen LogP contribution in [0.1, 0.15) is 33.0 Å². The molecule has 0 saturated heterocycles. The van der Waals surface area contributed by atoms with Crippen molar-refractivity contribution in [3.8, 4) is 0 Å². The van der Waals surface area contributed by atoms with Crippen LogP contribution in [0.4, 0.5) is 0 Å². The van der Waals surface area contributed by atoms with Crippen LogP contribution < -0.4 is 5.32 Å². The predicted octanol–water partition coefficient (Wildman–Crippen LogP) is 2.27. The number of hydrogen-bond acceptors (Lipinski definition) is 4. The Kier molecular flexibility index (Phi) is 6.18. The number of unbranched alkanes of at least 4 members (excludes halogenated alkanes) is 1. The molecule has 0 aliphatic rings. The Labute approximate surface area is 106 Å². The molecule has 0 saturated carbocycles. The molecule has 0 aliphatic heterocycles. The number of thiophene rings is 1. The number of nitrogens with one attached hydrogen (secondary N) is 1. The van der Waals surface area contributed by atoms with Gasteiger partial charge in [0.15, 0.2) is 0 Å². The molecule has 0 atom stereocenters. The predicted molar refractivity (Wildman–Crippen MR) is 68.8 cm³/mol. The number of aryl methyl sites for hydroxylation is 1. The molecule has 1 rings (SSSR count). The third-order valence-corrected chi connectivity index (χ3v) is 3.58. The molecule has 0 aliphatic carbocycles. The average molecular weight is 257 g/mol. The minimum atomic E-state index is -0.843. The van der Waals surface area contributed by atoms with Crippen LogP contribution in [0, 0.1) is 6.92 Å². The van der Waals surface area contributed by atoms with Gasteiger partial charge >= 0.3 is 5.97 Å². The third-order valence-electron chi connectivity index (χ3n) is 2.50. The summed E-state index contributed by atoms with van der Waals surface area (Å²) in [6.07, 6.45) is 2.12. The van der Waals surface area contributed by atoms with Crippen LogP contribution in [0.25, 0.3) is 0 Å². The Balaban J connectivity index is 2.29. The summed E-state index contributed by atoms with van der Waals surface area (Å²) in [5.74, 6) is -0.843. The quantitative estimate of drug-likeness (QED) is 0.701. The van der Waals surface area contributed by atoms with E-state index in [0.29, 0.717) is 4.88 Å². The number of carboxylic acid groups (broad SMARTS) is 1. The highest BCUT2D eigenvalue weighted by Gasteiger charge is 2.10. The number of methoxy groups -OCH3 is 1. The van der Waals surface area contributed by atoms with E-state index in [0.717, 1.165) is 43.0 Å². The van der Waals surface area contributed by atoms with Crippen molar-refractivity contribution in [3.63, 3.8) is 0 Å². The fourth-order valence-corrected chi connectivity index (χ4v) is 2.40. The molecular weight excluding hydrogens is 238 g/mol. The van der Waals surface area contributed by atoms with E-state index in [9.17, 15) is 4.79 Å². The van der Waals surface area contributed by atoms with Crippen LogP contribution in [0.5, 0.6) is 0 Å². The maximum atomic E-state index is 10.8. The zero-order valence-corrected chi connectivity index (χ0v) is 11.1. The highest BCUT2D eigenvalue weighted by Crippen LogP contribution is 2.21. The lowest BCUT2D eigenvalue weighted by Crippen LogP contribution is -2.15. The van der Waals surface area contributed by atoms with Crippen molar-refractivity contribution in [2.45, 2.75) is 26.3 Å². The summed E-state index contributed by atoms with van der Waals surface area (Å²) in [7, 11) is 1.70. The van der Waals surface area contributed by atoms with E-state index in [1.165, 1.54) is 11.3 Å². The van der Waals surface area contributed by atoms with E-state index in [1.807, 2.05) is 6.92 Å². The zero-order chi connectivity index (χ0) is 12.7. The molecule has 0 amide bonds. The first kappa shape index (κ1) is 14.2. The van der Waals surface area contributed by atoms with Crippen LogP contribution in [-0.2, 0) is 11.3 Å². The molecule has 17 heavy (non-hydrogen) atoms. The van der Waals surface area contributed by atoms with E-state index in [4.69, 9.17) is 9.84 Å². The number of rotatable bonds is 8. The van der Waals surface area contributed by atoms with Gasteiger partial charge in [0.2, 0.25) is 0 Å². The van der Waals surface area contributed by atoms with E-state index >= 15 is 0 Å². The fraction of sp³-hybridized carbons (Fsp3) is 0.583.